The summed E-state index contributed by atoms with van der Waals surface area (Å²) in [6.07, 6.45) is 3.33. The maximum Gasteiger partial charge on any atom is 0.320 e. The van der Waals surface area contributed by atoms with Crippen molar-refractivity contribution < 1.29 is 4.79 Å². The maximum atomic E-state index is 12.2. The van der Waals surface area contributed by atoms with Gasteiger partial charge in [-0.05, 0) is 30.5 Å². The third-order valence-corrected chi connectivity index (χ3v) is 5.39. The molecule has 3 aromatic rings. The average molecular weight is 417 g/mol. The highest BCUT2D eigenvalue weighted by molar-refractivity contribution is 5.88. The van der Waals surface area contributed by atoms with Crippen molar-refractivity contribution in [1.29, 1.82) is 0 Å². The van der Waals surface area contributed by atoms with Crippen LogP contribution in [0.5, 0.6) is 0 Å². The molecule has 0 saturated carbocycles. The van der Waals surface area contributed by atoms with E-state index in [1.807, 2.05) is 30.3 Å². The second-order valence-electron chi connectivity index (χ2n) is 7.54. The molecule has 0 unspecified atom stereocenters. The third kappa shape index (κ3) is 5.94. The van der Waals surface area contributed by atoms with Crippen molar-refractivity contribution in [1.82, 2.24) is 15.3 Å². The highest BCUT2D eigenvalue weighted by Gasteiger charge is 2.18. The lowest BCUT2D eigenvalue weighted by atomic mass is 10.1. The quantitative estimate of drug-likeness (QED) is 0.576. The fraction of sp³-hybridized carbons (Fsp3) is 0.292. The molecule has 2 aromatic carbocycles. The maximum absolute atomic E-state index is 12.2. The van der Waals surface area contributed by atoms with Crippen LogP contribution in [-0.2, 0) is 6.42 Å². The van der Waals surface area contributed by atoms with Gasteiger partial charge in [-0.2, -0.15) is 0 Å². The Morgan fingerprint density at radius 1 is 0.871 bits per heavy atom. The van der Waals surface area contributed by atoms with Crippen molar-refractivity contribution in [2.45, 2.75) is 12.8 Å². The Bertz CT molecular complexity index is 958. The molecule has 1 aliphatic heterocycles. The highest BCUT2D eigenvalue weighted by atomic mass is 16.2. The first-order valence-electron chi connectivity index (χ1n) is 10.7. The number of hydrogen-bond donors (Lipinski definition) is 2. The molecule has 1 aromatic heterocycles. The molecule has 2 N–H and O–H groups in total. The molecule has 2 amide bonds. The summed E-state index contributed by atoms with van der Waals surface area (Å²) >= 11 is 0. The summed E-state index contributed by atoms with van der Waals surface area (Å²) in [5.41, 5.74) is 2.52. The number of anilines is 3. The van der Waals surface area contributed by atoms with Crippen LogP contribution in [0.15, 0.2) is 73.1 Å². The van der Waals surface area contributed by atoms with Crippen LogP contribution in [0.4, 0.5) is 22.1 Å². The molecule has 1 fully saturated rings. The molecule has 0 radical (unpaired) electrons. The van der Waals surface area contributed by atoms with Gasteiger partial charge in [0.15, 0.2) is 0 Å². The van der Waals surface area contributed by atoms with Gasteiger partial charge in [-0.1, -0.05) is 48.5 Å². The lowest BCUT2D eigenvalue weighted by Crippen LogP contribution is -2.46. The standard InChI is InChI=1S/C24H28N6O/c31-24(25-13-7-10-20-8-3-1-4-9-20)28-22-18-23(27-19-26-22)30-16-14-29(15-17-30)21-11-5-2-6-12-21/h1-6,8-9,11-12,18-19H,7,10,13-17H2,(H2,25,26,27,28,31). The lowest BCUT2D eigenvalue weighted by molar-refractivity contribution is 0.252. The van der Waals surface area contributed by atoms with Gasteiger partial charge in [-0.15, -0.1) is 0 Å². The number of piperazine rings is 1. The zero-order chi connectivity index (χ0) is 21.3. The molecule has 1 saturated heterocycles. The first kappa shape index (κ1) is 20.7. The number of nitrogens with zero attached hydrogens (tertiary/aromatic N) is 4. The minimum atomic E-state index is -0.244. The number of hydrogen-bond acceptors (Lipinski definition) is 5. The van der Waals surface area contributed by atoms with E-state index in [0.29, 0.717) is 12.4 Å². The van der Waals surface area contributed by atoms with E-state index in [4.69, 9.17) is 0 Å². The SMILES string of the molecule is O=C(NCCCc1ccccc1)Nc1cc(N2CCN(c3ccccc3)CC2)ncn1. The summed E-state index contributed by atoms with van der Waals surface area (Å²) in [4.78, 5) is 25.4. The number of benzene rings is 2. The van der Waals surface area contributed by atoms with Gasteiger partial charge >= 0.3 is 6.03 Å². The molecular formula is C24H28N6O. The summed E-state index contributed by atoms with van der Waals surface area (Å²) in [5, 5.41) is 5.71. The van der Waals surface area contributed by atoms with E-state index in [-0.39, 0.29) is 6.03 Å². The molecule has 7 nitrogen and oxygen atoms in total. The van der Waals surface area contributed by atoms with Gasteiger partial charge in [-0.3, -0.25) is 5.32 Å². The van der Waals surface area contributed by atoms with Crippen molar-refractivity contribution in [3.63, 3.8) is 0 Å². The normalized spacial score (nSPS) is 13.7. The predicted molar refractivity (Wildman–Crippen MR) is 125 cm³/mol. The summed E-state index contributed by atoms with van der Waals surface area (Å²) < 4.78 is 0. The first-order chi connectivity index (χ1) is 15.3. The van der Waals surface area contributed by atoms with E-state index in [2.05, 4.69) is 66.8 Å². The number of para-hydroxylation sites is 1. The Balaban J connectivity index is 1.23. The fourth-order valence-corrected chi connectivity index (χ4v) is 3.72. The summed E-state index contributed by atoms with van der Waals surface area (Å²) in [5.74, 6) is 1.35. The molecule has 31 heavy (non-hydrogen) atoms. The van der Waals surface area contributed by atoms with Crippen LogP contribution < -0.4 is 20.4 Å². The summed E-state index contributed by atoms with van der Waals surface area (Å²) in [7, 11) is 0. The minimum Gasteiger partial charge on any atom is -0.368 e. The molecule has 7 heteroatoms. The van der Waals surface area contributed by atoms with E-state index in [9.17, 15) is 4.79 Å². The van der Waals surface area contributed by atoms with Gasteiger partial charge in [0, 0.05) is 44.5 Å². The largest absolute Gasteiger partial charge is 0.368 e. The Morgan fingerprint density at radius 3 is 2.29 bits per heavy atom. The van der Waals surface area contributed by atoms with Gasteiger partial charge < -0.3 is 15.1 Å². The fourth-order valence-electron chi connectivity index (χ4n) is 3.72. The monoisotopic (exact) mass is 416 g/mol. The Morgan fingerprint density at radius 2 is 1.55 bits per heavy atom. The molecule has 0 atom stereocenters. The van der Waals surface area contributed by atoms with Crippen LogP contribution in [0.1, 0.15) is 12.0 Å². The van der Waals surface area contributed by atoms with Crippen molar-refractivity contribution >= 4 is 23.4 Å². The second kappa shape index (κ2) is 10.4. The average Bonchev–Trinajstić information content (AvgIpc) is 2.83. The van der Waals surface area contributed by atoms with Crippen molar-refractivity contribution in [3.05, 3.63) is 78.6 Å². The van der Waals surface area contributed by atoms with Crippen molar-refractivity contribution in [2.24, 2.45) is 0 Å². The van der Waals surface area contributed by atoms with Crippen LogP contribution in [0.25, 0.3) is 0 Å². The molecule has 0 spiro atoms. The first-order valence-corrected chi connectivity index (χ1v) is 10.7. The molecule has 0 aliphatic carbocycles. The molecule has 0 bridgehead atoms. The van der Waals surface area contributed by atoms with Gasteiger partial charge in [0.1, 0.15) is 18.0 Å². The highest BCUT2D eigenvalue weighted by Crippen LogP contribution is 2.20. The van der Waals surface area contributed by atoms with Gasteiger partial charge in [0.2, 0.25) is 0 Å². The van der Waals surface area contributed by atoms with Crippen molar-refractivity contribution in [2.75, 3.05) is 47.8 Å². The Hall–Kier alpha value is -3.61. The van der Waals surface area contributed by atoms with Crippen LogP contribution in [0.2, 0.25) is 0 Å². The van der Waals surface area contributed by atoms with E-state index in [1.54, 1.807) is 0 Å². The van der Waals surface area contributed by atoms with Gasteiger partial charge in [0.05, 0.1) is 0 Å². The van der Waals surface area contributed by atoms with E-state index < -0.39 is 0 Å². The number of aryl methyl sites for hydroxylation is 1. The van der Waals surface area contributed by atoms with Crippen molar-refractivity contribution in [3.8, 4) is 0 Å². The number of carbonyl (C=O) groups excluding carboxylic acids is 1. The molecule has 1 aliphatic rings. The number of urea groups is 1. The predicted octanol–water partition coefficient (Wildman–Crippen LogP) is 3.56. The molecule has 4 rings (SSSR count). The number of aromatic nitrogens is 2. The van der Waals surface area contributed by atoms with Crippen LogP contribution in [0, 0.1) is 0 Å². The second-order valence-corrected chi connectivity index (χ2v) is 7.54. The minimum absolute atomic E-state index is 0.244. The Kier molecular flexibility index (Phi) is 6.95. The van der Waals surface area contributed by atoms with Crippen LogP contribution in [0.3, 0.4) is 0 Å². The van der Waals surface area contributed by atoms with Gasteiger partial charge in [0.25, 0.3) is 0 Å². The zero-order valence-electron chi connectivity index (χ0n) is 17.6. The van der Waals surface area contributed by atoms with E-state index >= 15 is 0 Å². The topological polar surface area (TPSA) is 73.4 Å². The molecular weight excluding hydrogens is 388 g/mol. The number of amides is 2. The van der Waals surface area contributed by atoms with E-state index in [1.165, 1.54) is 17.6 Å². The van der Waals surface area contributed by atoms with Gasteiger partial charge in [-0.25, -0.2) is 14.8 Å². The summed E-state index contributed by atoms with van der Waals surface area (Å²) in [6.45, 7) is 4.21. The zero-order valence-corrected chi connectivity index (χ0v) is 17.6. The number of carbonyl (C=O) groups is 1. The Labute approximate surface area is 183 Å². The third-order valence-electron chi connectivity index (χ3n) is 5.39. The number of nitrogens with one attached hydrogen (secondary N) is 2. The van der Waals surface area contributed by atoms with E-state index in [0.717, 1.165) is 44.8 Å². The number of rotatable bonds is 7. The summed E-state index contributed by atoms with van der Waals surface area (Å²) in [6, 6.07) is 22.3. The molecule has 2 heterocycles. The van der Waals surface area contributed by atoms with Crippen LogP contribution >= 0.6 is 0 Å². The lowest BCUT2D eigenvalue weighted by Gasteiger charge is -2.36. The smallest absolute Gasteiger partial charge is 0.320 e. The van der Waals surface area contributed by atoms with Crippen LogP contribution in [-0.4, -0.2) is 48.7 Å². The molecule has 160 valence electrons.